The van der Waals surface area contributed by atoms with Gasteiger partial charge in [0, 0.05) is 60.4 Å². The lowest BCUT2D eigenvalue weighted by atomic mass is 9.88. The third-order valence-corrected chi connectivity index (χ3v) is 8.15. The molecule has 0 atom stereocenters. The number of fused-ring (bicyclic) bond motifs is 2. The molecule has 4 rings (SSSR count). The first-order valence-electron chi connectivity index (χ1n) is 15.7. The highest BCUT2D eigenvalue weighted by atomic mass is 16.5. The van der Waals surface area contributed by atoms with E-state index < -0.39 is 10.8 Å². The molecule has 0 saturated carbocycles. The lowest BCUT2D eigenvalue weighted by Crippen LogP contribution is -2.41. The number of rotatable bonds is 12. The van der Waals surface area contributed by atoms with Crippen LogP contribution in [0.15, 0.2) is 36.4 Å². The summed E-state index contributed by atoms with van der Waals surface area (Å²) >= 11 is 0. The van der Waals surface area contributed by atoms with Gasteiger partial charge in [-0.25, -0.2) is 0 Å². The highest BCUT2D eigenvalue weighted by molar-refractivity contribution is 6.09. The van der Waals surface area contributed by atoms with Crippen LogP contribution in [-0.4, -0.2) is 93.6 Å². The molecule has 0 aliphatic rings. The molecule has 4 aromatic rings. The van der Waals surface area contributed by atoms with Crippen molar-refractivity contribution in [1.29, 1.82) is 0 Å². The van der Waals surface area contributed by atoms with E-state index in [0.29, 0.717) is 51.2 Å². The van der Waals surface area contributed by atoms with Crippen LogP contribution in [0, 0.1) is 10.8 Å². The Hall–Kier alpha value is -4.74. The summed E-state index contributed by atoms with van der Waals surface area (Å²) in [6.45, 7) is 13.7. The number of benzene rings is 2. The number of carbonyl (C=O) groups excluding carboxylic acids is 4. The molecule has 0 unspecified atom stereocenters. The minimum absolute atomic E-state index is 0.0850. The summed E-state index contributed by atoms with van der Waals surface area (Å²) in [4.78, 5) is 56.5. The van der Waals surface area contributed by atoms with Gasteiger partial charge in [0.2, 0.25) is 11.8 Å². The predicted molar refractivity (Wildman–Crippen MR) is 180 cm³/mol. The topological polar surface area (TPSA) is 129 Å². The van der Waals surface area contributed by atoms with Crippen molar-refractivity contribution in [1.82, 2.24) is 29.4 Å². The van der Waals surface area contributed by atoms with Crippen LogP contribution in [0.4, 0.5) is 0 Å². The average Bonchev–Trinajstić information content (AvgIpc) is 3.56. The van der Waals surface area contributed by atoms with Crippen molar-refractivity contribution in [2.75, 3.05) is 40.9 Å². The molecule has 0 spiro atoms. The Bertz CT molecular complexity index is 1820. The molecular weight excluding hydrogens is 600 g/mol. The fraction of sp³-hybridized carbons (Fsp3) is 0.486. The number of likely N-dealkylation sites (N-methyl/N-ethyl adjacent to an activating group) is 2. The largest absolute Gasteiger partial charge is 0.497 e. The molecular formula is C35H46N6O6. The van der Waals surface area contributed by atoms with E-state index in [1.807, 2.05) is 48.5 Å². The third kappa shape index (κ3) is 7.47. The summed E-state index contributed by atoms with van der Waals surface area (Å²) in [6.07, 6.45) is 0. The first-order valence-corrected chi connectivity index (χ1v) is 15.7. The maximum atomic E-state index is 13.5. The van der Waals surface area contributed by atoms with E-state index in [1.165, 1.54) is 4.68 Å². The number of ether oxygens (including phenoxy) is 2. The van der Waals surface area contributed by atoms with Crippen molar-refractivity contribution in [3.05, 3.63) is 47.8 Å². The van der Waals surface area contributed by atoms with E-state index in [1.54, 1.807) is 72.1 Å². The number of nitrogens with zero attached hydrogens (tertiary/aromatic N) is 6. The van der Waals surface area contributed by atoms with Gasteiger partial charge in [0.25, 0.3) is 0 Å². The summed E-state index contributed by atoms with van der Waals surface area (Å²) in [5, 5.41) is 10.5. The zero-order valence-electron chi connectivity index (χ0n) is 29.1. The Kier molecular flexibility index (Phi) is 10.1. The molecule has 0 radical (unpaired) electrons. The number of methoxy groups -OCH3 is 2. The Balaban J connectivity index is 1.50. The molecule has 2 aromatic heterocycles. The van der Waals surface area contributed by atoms with Gasteiger partial charge in [-0.3, -0.25) is 28.5 Å². The van der Waals surface area contributed by atoms with Crippen molar-refractivity contribution in [3.63, 3.8) is 0 Å². The van der Waals surface area contributed by atoms with Gasteiger partial charge < -0.3 is 19.3 Å². The summed E-state index contributed by atoms with van der Waals surface area (Å²) in [5.41, 5.74) is 0.566. The minimum Gasteiger partial charge on any atom is -0.497 e. The van der Waals surface area contributed by atoms with Gasteiger partial charge in [-0.15, -0.1) is 0 Å². The molecule has 0 N–H and O–H groups in total. The minimum atomic E-state index is -0.652. The molecule has 0 aliphatic carbocycles. The Morgan fingerprint density at radius 2 is 1.13 bits per heavy atom. The van der Waals surface area contributed by atoms with E-state index in [9.17, 15) is 19.2 Å². The summed E-state index contributed by atoms with van der Waals surface area (Å²) in [6, 6.07) is 10.7. The first-order chi connectivity index (χ1) is 22.0. The highest BCUT2D eigenvalue weighted by Crippen LogP contribution is 2.30. The van der Waals surface area contributed by atoms with Crippen molar-refractivity contribution in [3.8, 4) is 11.5 Å². The highest BCUT2D eigenvalue weighted by Gasteiger charge is 2.30. The Morgan fingerprint density at radius 1 is 0.702 bits per heavy atom. The molecule has 2 aromatic carbocycles. The summed E-state index contributed by atoms with van der Waals surface area (Å²) in [7, 11) is 4.78. The average molecular weight is 647 g/mol. The number of ketones is 2. The van der Waals surface area contributed by atoms with Crippen LogP contribution in [0.3, 0.4) is 0 Å². The van der Waals surface area contributed by atoms with E-state index >= 15 is 0 Å². The lowest BCUT2D eigenvalue weighted by Gasteiger charge is -2.25. The zero-order chi connectivity index (χ0) is 34.8. The summed E-state index contributed by atoms with van der Waals surface area (Å²) in [5.74, 6) is 0.500. The van der Waals surface area contributed by atoms with Gasteiger partial charge in [0.05, 0.1) is 25.3 Å². The van der Waals surface area contributed by atoms with Crippen LogP contribution < -0.4 is 9.47 Å². The third-order valence-electron chi connectivity index (χ3n) is 8.15. The van der Waals surface area contributed by atoms with Crippen LogP contribution in [0.25, 0.3) is 21.8 Å². The molecule has 0 saturated heterocycles. The molecule has 2 amide bonds. The van der Waals surface area contributed by atoms with Gasteiger partial charge >= 0.3 is 0 Å². The number of hydrogen-bond acceptors (Lipinski definition) is 8. The first kappa shape index (κ1) is 35.1. The molecule has 0 bridgehead atoms. The fourth-order valence-corrected chi connectivity index (χ4v) is 5.18. The van der Waals surface area contributed by atoms with E-state index in [4.69, 9.17) is 9.47 Å². The number of carbonyl (C=O) groups is 4. The van der Waals surface area contributed by atoms with Gasteiger partial charge in [0.15, 0.2) is 11.6 Å². The maximum Gasteiger partial charge on any atom is 0.244 e. The normalized spacial score (nSPS) is 12.0. The fourth-order valence-electron chi connectivity index (χ4n) is 5.18. The van der Waals surface area contributed by atoms with Gasteiger partial charge in [-0.2, -0.15) is 10.2 Å². The van der Waals surface area contributed by atoms with E-state index in [0.717, 1.165) is 0 Å². The van der Waals surface area contributed by atoms with Crippen LogP contribution in [0.1, 0.15) is 69.4 Å². The Morgan fingerprint density at radius 3 is 1.51 bits per heavy atom. The molecule has 252 valence electrons. The monoisotopic (exact) mass is 646 g/mol. The molecule has 2 heterocycles. The van der Waals surface area contributed by atoms with Crippen molar-refractivity contribution in [2.24, 2.45) is 10.8 Å². The van der Waals surface area contributed by atoms with Crippen molar-refractivity contribution >= 4 is 45.2 Å². The number of aromatic nitrogens is 4. The second-order valence-corrected chi connectivity index (χ2v) is 13.7. The molecule has 12 heteroatoms. The molecule has 12 nitrogen and oxygen atoms in total. The molecule has 47 heavy (non-hydrogen) atoms. The smallest absolute Gasteiger partial charge is 0.244 e. The predicted octanol–water partition coefficient (Wildman–Crippen LogP) is 4.87. The second kappa shape index (κ2) is 13.5. The second-order valence-electron chi connectivity index (χ2n) is 13.7. The molecule has 0 fully saturated rings. The standard InChI is InChI=1S/C35H46N6O6/c1-11-39(29(43)21-41-27-19-23(47-10)13-15-25(27)31(37-41)33(45)35(5,6)7)17-16-38(8)28(42)20-40-26-18-22(46-9)12-14-24(26)30(36-40)32(44)34(2,3)4/h12-15,18-19H,11,16-17,20-21H2,1-10H3. The zero-order valence-corrected chi connectivity index (χ0v) is 29.1. The SMILES string of the molecule is CCN(CCN(C)C(=O)Cn1nc(C(=O)C(C)(C)C)c2ccc(OC)cc21)C(=O)Cn1nc(C(=O)C(C)(C)C)c2ccc(OC)cc21. The van der Waals surface area contributed by atoms with Crippen molar-refractivity contribution in [2.45, 2.75) is 61.6 Å². The number of Topliss-reactive ketones (excluding diaryl/α,β-unsaturated/α-hetero) is 2. The number of amides is 2. The van der Waals surface area contributed by atoms with Crippen LogP contribution in [0.2, 0.25) is 0 Å². The number of hydrogen-bond donors (Lipinski definition) is 0. The van der Waals surface area contributed by atoms with Gasteiger partial charge in [-0.05, 0) is 31.2 Å². The quantitative estimate of drug-likeness (QED) is 0.200. The van der Waals surface area contributed by atoms with Gasteiger partial charge in [0.1, 0.15) is 36.0 Å². The lowest BCUT2D eigenvalue weighted by molar-refractivity contribution is -0.135. The van der Waals surface area contributed by atoms with Crippen LogP contribution in [-0.2, 0) is 22.7 Å². The van der Waals surface area contributed by atoms with E-state index in [2.05, 4.69) is 10.2 Å². The molecule has 0 aliphatic heterocycles. The Labute approximate surface area is 275 Å². The summed E-state index contributed by atoms with van der Waals surface area (Å²) < 4.78 is 13.9. The maximum absolute atomic E-state index is 13.5. The van der Waals surface area contributed by atoms with E-state index in [-0.39, 0.29) is 49.6 Å². The van der Waals surface area contributed by atoms with Crippen molar-refractivity contribution < 1.29 is 28.7 Å². The van der Waals surface area contributed by atoms with Gasteiger partial charge in [-0.1, -0.05) is 41.5 Å². The van der Waals surface area contributed by atoms with Crippen LogP contribution >= 0.6 is 0 Å². The van der Waals surface area contributed by atoms with Crippen LogP contribution in [0.5, 0.6) is 11.5 Å².